The number of benzene rings is 3. The number of nitrogens with one attached hydrogen (secondary N) is 2. The first kappa shape index (κ1) is 24.4. The van der Waals surface area contributed by atoms with Gasteiger partial charge < -0.3 is 49.3 Å². The van der Waals surface area contributed by atoms with Crippen LogP contribution in [0.25, 0.3) is 43.6 Å². The number of carbonyl (C=O) groups excluding carboxylic acids is 2. The number of aliphatic hydroxyl groups excluding tert-OH is 4. The second-order valence-corrected chi connectivity index (χ2v) is 10.5. The van der Waals surface area contributed by atoms with E-state index in [-0.39, 0.29) is 16.9 Å². The summed E-state index contributed by atoms with van der Waals surface area (Å²) in [5.74, 6) is -0.473. The van der Waals surface area contributed by atoms with Crippen molar-refractivity contribution in [2.75, 3.05) is 19.8 Å². The van der Waals surface area contributed by atoms with Gasteiger partial charge in [-0.3, -0.25) is 14.9 Å². The average molecular weight is 562 g/mol. The highest BCUT2D eigenvalue weighted by atomic mass is 16.6. The van der Waals surface area contributed by atoms with E-state index < -0.39 is 49.1 Å². The smallest absolute Gasteiger partial charge is 0.259 e. The number of ether oxygens (including phenoxy) is 3. The van der Waals surface area contributed by atoms with E-state index in [1.165, 1.54) is 12.1 Å². The molecule has 5 heterocycles. The van der Waals surface area contributed by atoms with Gasteiger partial charge in [-0.25, -0.2) is 0 Å². The molecule has 8 rings (SSSR count). The van der Waals surface area contributed by atoms with E-state index >= 15 is 0 Å². The maximum Gasteiger partial charge on any atom is 0.259 e. The molecule has 2 aromatic heterocycles. The minimum atomic E-state index is -1.68. The Balaban J connectivity index is 1.60. The van der Waals surface area contributed by atoms with E-state index in [0.29, 0.717) is 68.3 Å². The third kappa shape index (κ3) is 3.11. The third-order valence-electron chi connectivity index (χ3n) is 8.24. The summed E-state index contributed by atoms with van der Waals surface area (Å²) < 4.78 is 19.2. The lowest BCUT2D eigenvalue weighted by atomic mass is 9.96. The molecule has 1 saturated heterocycles. The zero-order valence-corrected chi connectivity index (χ0v) is 21.1. The van der Waals surface area contributed by atoms with Crippen LogP contribution in [0, 0.1) is 0 Å². The van der Waals surface area contributed by atoms with Gasteiger partial charge in [0.25, 0.3) is 11.8 Å². The van der Waals surface area contributed by atoms with Crippen LogP contribution in [0.4, 0.5) is 0 Å². The molecule has 41 heavy (non-hydrogen) atoms. The number of rotatable bonds is 2. The minimum Gasteiger partial charge on any atom is -0.508 e. The van der Waals surface area contributed by atoms with Gasteiger partial charge in [0.2, 0.25) is 0 Å². The van der Waals surface area contributed by atoms with Crippen molar-refractivity contribution in [1.82, 2.24) is 14.9 Å². The highest BCUT2D eigenvalue weighted by molar-refractivity contribution is 6.39. The lowest BCUT2D eigenvalue weighted by molar-refractivity contribution is -0.249. The van der Waals surface area contributed by atoms with Crippen molar-refractivity contribution in [3.63, 3.8) is 0 Å². The Hall–Kier alpha value is -4.40. The summed E-state index contributed by atoms with van der Waals surface area (Å²) in [5, 5.41) is 56.7. The van der Waals surface area contributed by atoms with Gasteiger partial charge in [0.05, 0.1) is 34.3 Å². The molecule has 0 aliphatic carbocycles. The van der Waals surface area contributed by atoms with Crippen LogP contribution in [0.5, 0.6) is 17.2 Å². The maximum atomic E-state index is 13.4. The van der Waals surface area contributed by atoms with Crippen LogP contribution in [0.15, 0.2) is 30.3 Å². The molecular weight excluding hydrogens is 538 g/mol. The van der Waals surface area contributed by atoms with Gasteiger partial charge in [-0.15, -0.1) is 0 Å². The largest absolute Gasteiger partial charge is 0.508 e. The second kappa shape index (κ2) is 8.31. The first-order chi connectivity index (χ1) is 19.8. The van der Waals surface area contributed by atoms with Crippen LogP contribution in [-0.2, 0) is 4.74 Å². The number of hydrogen-bond donors (Lipinski definition) is 7. The fourth-order valence-electron chi connectivity index (χ4n) is 6.45. The standard InChI is InChI=1S/C28H23N3O10/c32-8-16-23(34)24(35)25(36)28(41-16)31-13-7-15-14(39-3-4-40-15)6-11(13)18-20-19(26(37)30-27(20)38)17-10-5-9(33)1-2-12(10)29-21(17)22(18)31/h1-2,5-7,16,23-25,28-29,32-36H,3-4,8H2,(H,30,37,38)/t16-,23-,24+,25-,28-/m1/s1. The Morgan fingerprint density at radius 3 is 2.32 bits per heavy atom. The molecule has 0 spiro atoms. The van der Waals surface area contributed by atoms with Crippen molar-refractivity contribution in [2.24, 2.45) is 0 Å². The predicted molar refractivity (Wildman–Crippen MR) is 142 cm³/mol. The van der Waals surface area contributed by atoms with Crippen LogP contribution in [0.2, 0.25) is 0 Å². The molecule has 13 heteroatoms. The fourth-order valence-corrected chi connectivity index (χ4v) is 6.45. The summed E-state index contributed by atoms with van der Waals surface area (Å²) in [6.07, 6.45) is -7.49. The number of phenolic OH excluding ortho intramolecular Hbond substituents is 1. The van der Waals surface area contributed by atoms with Crippen molar-refractivity contribution in [1.29, 1.82) is 0 Å². The van der Waals surface area contributed by atoms with Gasteiger partial charge in [0, 0.05) is 33.1 Å². The van der Waals surface area contributed by atoms with Crippen LogP contribution < -0.4 is 14.8 Å². The van der Waals surface area contributed by atoms with Crippen LogP contribution >= 0.6 is 0 Å². The number of aromatic hydroxyl groups is 1. The fraction of sp³-hybridized carbons (Fsp3) is 0.286. The van der Waals surface area contributed by atoms with Crippen LogP contribution in [0.3, 0.4) is 0 Å². The SMILES string of the molecule is O=C1NC(=O)c2c1c1c3cc(O)ccc3[nH]c1c1c2c2cc3c(cc2n1[C@@H]1O[C@H](CO)[C@@H](O)[C@H](O)[C@H]1O)OCCO3. The summed E-state index contributed by atoms with van der Waals surface area (Å²) in [4.78, 5) is 29.9. The average Bonchev–Trinajstić information content (AvgIpc) is 3.59. The summed E-state index contributed by atoms with van der Waals surface area (Å²) in [6, 6.07) is 7.95. The van der Waals surface area contributed by atoms with Crippen LogP contribution in [0.1, 0.15) is 26.9 Å². The molecule has 0 unspecified atom stereocenters. The number of phenols is 1. The second-order valence-electron chi connectivity index (χ2n) is 10.5. The normalized spacial score (nSPS) is 25.9. The molecule has 0 saturated carbocycles. The van der Waals surface area contributed by atoms with Crippen molar-refractivity contribution >= 4 is 55.4 Å². The summed E-state index contributed by atoms with van der Waals surface area (Å²) in [6.45, 7) is -0.0458. The van der Waals surface area contributed by atoms with Gasteiger partial charge in [-0.1, -0.05) is 0 Å². The molecule has 5 atom stereocenters. The van der Waals surface area contributed by atoms with Crippen molar-refractivity contribution in [2.45, 2.75) is 30.6 Å². The van der Waals surface area contributed by atoms with Gasteiger partial charge in [-0.05, 0) is 24.3 Å². The van der Waals surface area contributed by atoms with Crippen molar-refractivity contribution < 1.29 is 49.3 Å². The highest BCUT2D eigenvalue weighted by Gasteiger charge is 2.46. The molecule has 210 valence electrons. The number of aromatic nitrogens is 2. The predicted octanol–water partition coefficient (Wildman–Crippen LogP) is 0.762. The number of fused-ring (bicyclic) bond motifs is 11. The monoisotopic (exact) mass is 561 g/mol. The van der Waals surface area contributed by atoms with Gasteiger partial charge >= 0.3 is 0 Å². The lowest BCUT2D eigenvalue weighted by Crippen LogP contribution is -2.56. The maximum absolute atomic E-state index is 13.4. The Morgan fingerprint density at radius 2 is 1.59 bits per heavy atom. The topological polar surface area (TPSA) is 196 Å². The first-order valence-corrected chi connectivity index (χ1v) is 13.0. The zero-order chi connectivity index (χ0) is 28.3. The molecule has 0 radical (unpaired) electrons. The Morgan fingerprint density at radius 1 is 0.878 bits per heavy atom. The van der Waals surface area contributed by atoms with E-state index in [2.05, 4.69) is 10.3 Å². The number of aliphatic hydroxyl groups is 4. The lowest BCUT2D eigenvalue weighted by Gasteiger charge is -2.41. The number of nitrogens with zero attached hydrogens (tertiary/aromatic N) is 1. The molecular formula is C28H23N3O10. The highest BCUT2D eigenvalue weighted by Crippen LogP contribution is 2.48. The molecule has 13 nitrogen and oxygen atoms in total. The molecule has 3 aliphatic rings. The van der Waals surface area contributed by atoms with Crippen molar-refractivity contribution in [3.05, 3.63) is 41.5 Å². The third-order valence-corrected chi connectivity index (χ3v) is 8.24. The van der Waals surface area contributed by atoms with Gasteiger partial charge in [0.15, 0.2) is 17.7 Å². The molecule has 3 aromatic carbocycles. The summed E-state index contributed by atoms with van der Waals surface area (Å²) in [7, 11) is 0. The quantitative estimate of drug-likeness (QED) is 0.151. The first-order valence-electron chi connectivity index (χ1n) is 13.0. The van der Waals surface area contributed by atoms with Crippen molar-refractivity contribution in [3.8, 4) is 17.2 Å². The van der Waals surface area contributed by atoms with E-state index in [1.807, 2.05) is 0 Å². The molecule has 0 bridgehead atoms. The number of imide groups is 1. The molecule has 2 amide bonds. The minimum absolute atomic E-state index is 0.0478. The number of amides is 2. The van der Waals surface area contributed by atoms with Gasteiger partial charge in [0.1, 0.15) is 43.4 Å². The molecule has 5 aromatic rings. The Labute approximate surface area is 229 Å². The molecule has 7 N–H and O–H groups in total. The van der Waals surface area contributed by atoms with E-state index in [9.17, 15) is 35.1 Å². The molecule has 3 aliphatic heterocycles. The zero-order valence-electron chi connectivity index (χ0n) is 21.1. The number of H-pyrrole nitrogens is 1. The van der Waals surface area contributed by atoms with E-state index in [0.717, 1.165) is 0 Å². The van der Waals surface area contributed by atoms with E-state index in [1.54, 1.807) is 22.8 Å². The molecule has 1 fully saturated rings. The van der Waals surface area contributed by atoms with Crippen LogP contribution in [-0.4, -0.2) is 91.1 Å². The Kier molecular flexibility index (Phi) is 4.95. The summed E-state index contributed by atoms with van der Waals surface area (Å²) >= 11 is 0. The summed E-state index contributed by atoms with van der Waals surface area (Å²) in [5.41, 5.74) is 1.94. The van der Waals surface area contributed by atoms with Gasteiger partial charge in [-0.2, -0.15) is 0 Å². The number of aromatic amines is 1. The number of carbonyl (C=O) groups is 2. The Bertz CT molecular complexity index is 1980. The van der Waals surface area contributed by atoms with E-state index in [4.69, 9.17) is 14.2 Å². The number of hydrogen-bond acceptors (Lipinski definition) is 10.